The quantitative estimate of drug-likeness (QED) is 0.782. The molecule has 7 heteroatoms. The summed E-state index contributed by atoms with van der Waals surface area (Å²) in [5, 5.41) is 2.16. The normalized spacial score (nSPS) is 17.5. The van der Waals surface area contributed by atoms with Crippen LogP contribution in [-0.4, -0.2) is 17.2 Å². The maximum atomic E-state index is 12.8. The predicted octanol–water partition coefficient (Wildman–Crippen LogP) is 4.90. The Bertz CT molecular complexity index is 544. The van der Waals surface area contributed by atoms with Crippen molar-refractivity contribution in [3.63, 3.8) is 0 Å². The van der Waals surface area contributed by atoms with Crippen LogP contribution in [0, 0.1) is 0 Å². The fourth-order valence-electron chi connectivity index (χ4n) is 2.44. The Kier molecular flexibility index (Phi) is 5.66. The fraction of sp³-hybridized carbons (Fsp3) is 0.533. The third-order valence-electron chi connectivity index (χ3n) is 3.63. The minimum absolute atomic E-state index is 0.139. The number of rotatable bonds is 4. The van der Waals surface area contributed by atoms with Crippen LogP contribution in [0.2, 0.25) is 5.02 Å². The van der Waals surface area contributed by atoms with E-state index in [0.29, 0.717) is 4.90 Å². The van der Waals surface area contributed by atoms with Gasteiger partial charge in [0.1, 0.15) is 0 Å². The van der Waals surface area contributed by atoms with E-state index in [-0.39, 0.29) is 17.0 Å². The van der Waals surface area contributed by atoms with E-state index >= 15 is 0 Å². The summed E-state index contributed by atoms with van der Waals surface area (Å²) in [5.74, 6) is -0.139. The summed E-state index contributed by atoms with van der Waals surface area (Å²) < 4.78 is 38.5. The van der Waals surface area contributed by atoms with Gasteiger partial charge in [-0.3, -0.25) is 4.79 Å². The standard InChI is InChI=1S/C15H17ClF3NOS/c1-9(14(21)20-10-4-2-3-5-10)22-11-6-7-13(16)12(8-11)15(17,18)19/h6-10H,2-5H2,1H3,(H,20,21)/t9-/m0/s1. The molecule has 2 rings (SSSR count). The number of benzene rings is 1. The number of amides is 1. The summed E-state index contributed by atoms with van der Waals surface area (Å²) in [6.45, 7) is 1.69. The van der Waals surface area contributed by atoms with E-state index in [0.717, 1.165) is 43.5 Å². The van der Waals surface area contributed by atoms with E-state index < -0.39 is 17.0 Å². The molecule has 1 saturated carbocycles. The Balaban J connectivity index is 2.01. The summed E-state index contributed by atoms with van der Waals surface area (Å²) >= 11 is 6.69. The van der Waals surface area contributed by atoms with Crippen molar-refractivity contribution in [3.05, 3.63) is 28.8 Å². The number of carbonyl (C=O) groups excluding carboxylic acids is 1. The van der Waals surface area contributed by atoms with Crippen LogP contribution in [0.5, 0.6) is 0 Å². The highest BCUT2D eigenvalue weighted by Crippen LogP contribution is 2.37. The third kappa shape index (κ3) is 4.56. The number of hydrogen-bond acceptors (Lipinski definition) is 2. The molecule has 0 aliphatic heterocycles. The van der Waals surface area contributed by atoms with Gasteiger partial charge in [-0.1, -0.05) is 24.4 Å². The largest absolute Gasteiger partial charge is 0.417 e. The van der Waals surface area contributed by atoms with Crippen LogP contribution in [0.1, 0.15) is 38.2 Å². The zero-order chi connectivity index (χ0) is 16.3. The van der Waals surface area contributed by atoms with Crippen LogP contribution in [0.15, 0.2) is 23.1 Å². The molecular formula is C15H17ClF3NOS. The lowest BCUT2D eigenvalue weighted by Crippen LogP contribution is -2.37. The maximum absolute atomic E-state index is 12.8. The van der Waals surface area contributed by atoms with E-state index in [4.69, 9.17) is 11.6 Å². The van der Waals surface area contributed by atoms with Crippen molar-refractivity contribution in [1.29, 1.82) is 0 Å². The molecule has 1 amide bonds. The van der Waals surface area contributed by atoms with Gasteiger partial charge in [-0.15, -0.1) is 11.8 Å². The molecule has 1 fully saturated rings. The molecule has 0 heterocycles. The summed E-state index contributed by atoms with van der Waals surface area (Å²) in [6, 6.07) is 3.91. The summed E-state index contributed by atoms with van der Waals surface area (Å²) in [6.07, 6.45) is -0.329. The molecular weight excluding hydrogens is 335 g/mol. The van der Waals surface area contributed by atoms with Crippen molar-refractivity contribution in [2.45, 2.75) is 55.0 Å². The average Bonchev–Trinajstić information content (AvgIpc) is 2.92. The van der Waals surface area contributed by atoms with E-state index in [9.17, 15) is 18.0 Å². The van der Waals surface area contributed by atoms with Crippen LogP contribution in [-0.2, 0) is 11.0 Å². The molecule has 22 heavy (non-hydrogen) atoms. The highest BCUT2D eigenvalue weighted by Gasteiger charge is 2.33. The molecule has 1 atom stereocenters. The number of alkyl halides is 3. The van der Waals surface area contributed by atoms with Gasteiger partial charge in [0.2, 0.25) is 5.91 Å². The molecule has 1 aromatic carbocycles. The number of nitrogens with one attached hydrogen (secondary N) is 1. The second-order valence-electron chi connectivity index (χ2n) is 5.39. The Morgan fingerprint density at radius 1 is 1.36 bits per heavy atom. The van der Waals surface area contributed by atoms with E-state index in [2.05, 4.69) is 5.32 Å². The first-order valence-electron chi connectivity index (χ1n) is 7.11. The second-order valence-corrected chi connectivity index (χ2v) is 7.21. The lowest BCUT2D eigenvalue weighted by Gasteiger charge is -2.17. The molecule has 1 aliphatic rings. The third-order valence-corrected chi connectivity index (χ3v) is 5.05. The van der Waals surface area contributed by atoms with Crippen molar-refractivity contribution < 1.29 is 18.0 Å². The first-order chi connectivity index (χ1) is 10.3. The molecule has 2 nitrogen and oxygen atoms in total. The predicted molar refractivity (Wildman–Crippen MR) is 82.2 cm³/mol. The fourth-order valence-corrected chi connectivity index (χ4v) is 3.58. The molecule has 1 aliphatic carbocycles. The molecule has 0 saturated heterocycles. The van der Waals surface area contributed by atoms with Crippen molar-refractivity contribution in [2.24, 2.45) is 0 Å². The second kappa shape index (κ2) is 7.13. The van der Waals surface area contributed by atoms with Gasteiger partial charge in [0.05, 0.1) is 15.8 Å². The maximum Gasteiger partial charge on any atom is 0.417 e. The monoisotopic (exact) mass is 351 g/mol. The van der Waals surface area contributed by atoms with Gasteiger partial charge in [-0.2, -0.15) is 13.2 Å². The van der Waals surface area contributed by atoms with Crippen LogP contribution >= 0.6 is 23.4 Å². The number of hydrogen-bond donors (Lipinski definition) is 1. The van der Waals surface area contributed by atoms with Crippen LogP contribution in [0.4, 0.5) is 13.2 Å². The molecule has 0 spiro atoms. The minimum Gasteiger partial charge on any atom is -0.352 e. The van der Waals surface area contributed by atoms with Crippen molar-refractivity contribution >= 4 is 29.3 Å². The van der Waals surface area contributed by atoms with Crippen LogP contribution in [0.25, 0.3) is 0 Å². The lowest BCUT2D eigenvalue weighted by molar-refractivity contribution is -0.137. The molecule has 0 bridgehead atoms. The topological polar surface area (TPSA) is 29.1 Å². The highest BCUT2D eigenvalue weighted by atomic mass is 35.5. The van der Waals surface area contributed by atoms with Gasteiger partial charge >= 0.3 is 6.18 Å². The SMILES string of the molecule is C[C@H](Sc1ccc(Cl)c(C(F)(F)F)c1)C(=O)NC1CCCC1. The molecule has 1 N–H and O–H groups in total. The highest BCUT2D eigenvalue weighted by molar-refractivity contribution is 8.00. The minimum atomic E-state index is -4.50. The van der Waals surface area contributed by atoms with Gasteiger partial charge in [0, 0.05) is 10.9 Å². The van der Waals surface area contributed by atoms with Gasteiger partial charge < -0.3 is 5.32 Å². The molecule has 0 radical (unpaired) electrons. The molecule has 122 valence electrons. The van der Waals surface area contributed by atoms with E-state index in [1.807, 2.05) is 0 Å². The molecule has 1 aromatic rings. The zero-order valence-corrected chi connectivity index (χ0v) is 13.6. The van der Waals surface area contributed by atoms with E-state index in [1.54, 1.807) is 6.92 Å². The van der Waals surface area contributed by atoms with E-state index in [1.165, 1.54) is 12.1 Å². The van der Waals surface area contributed by atoms with Crippen LogP contribution < -0.4 is 5.32 Å². The van der Waals surface area contributed by atoms with Crippen LogP contribution in [0.3, 0.4) is 0 Å². The Morgan fingerprint density at radius 2 is 2.00 bits per heavy atom. The van der Waals surface area contributed by atoms with Crippen molar-refractivity contribution in [3.8, 4) is 0 Å². The zero-order valence-electron chi connectivity index (χ0n) is 12.0. The van der Waals surface area contributed by atoms with Crippen molar-refractivity contribution in [1.82, 2.24) is 5.32 Å². The Labute approximate surface area is 136 Å². The van der Waals surface area contributed by atoms with Gasteiger partial charge in [-0.05, 0) is 38.0 Å². The molecule has 0 aromatic heterocycles. The van der Waals surface area contributed by atoms with Crippen molar-refractivity contribution in [2.75, 3.05) is 0 Å². The summed E-state index contributed by atoms with van der Waals surface area (Å²) in [7, 11) is 0. The van der Waals surface area contributed by atoms with Gasteiger partial charge in [-0.25, -0.2) is 0 Å². The number of carbonyl (C=O) groups is 1. The summed E-state index contributed by atoms with van der Waals surface area (Å²) in [5.41, 5.74) is -0.873. The molecule has 0 unspecified atom stereocenters. The number of thioether (sulfide) groups is 1. The first-order valence-corrected chi connectivity index (χ1v) is 8.37. The Morgan fingerprint density at radius 3 is 2.59 bits per heavy atom. The Hall–Kier alpha value is -0.880. The summed E-state index contributed by atoms with van der Waals surface area (Å²) in [4.78, 5) is 12.5. The van der Waals surface area contributed by atoms with Gasteiger partial charge in [0.25, 0.3) is 0 Å². The first kappa shape index (κ1) is 17.5. The van der Waals surface area contributed by atoms with Gasteiger partial charge in [0.15, 0.2) is 0 Å². The number of halogens is 4. The lowest BCUT2D eigenvalue weighted by atomic mass is 10.2. The average molecular weight is 352 g/mol. The smallest absolute Gasteiger partial charge is 0.352 e.